The molecule has 1 heterocycles. The molecule has 1 fully saturated rings. The van der Waals surface area contributed by atoms with Crippen molar-refractivity contribution in [2.75, 3.05) is 13.2 Å². The molecule has 0 saturated carbocycles. The van der Waals surface area contributed by atoms with Crippen LogP contribution >= 0.6 is 0 Å². The molecule has 2 unspecified atom stereocenters. The van der Waals surface area contributed by atoms with Gasteiger partial charge in [0.15, 0.2) is 0 Å². The van der Waals surface area contributed by atoms with E-state index in [0.29, 0.717) is 19.4 Å². The van der Waals surface area contributed by atoms with E-state index in [1.54, 1.807) is 27.7 Å². The third kappa shape index (κ3) is 9.30. The van der Waals surface area contributed by atoms with E-state index in [-0.39, 0.29) is 18.6 Å². The molecule has 1 rings (SSSR count). The summed E-state index contributed by atoms with van der Waals surface area (Å²) < 4.78 is 16.1. The summed E-state index contributed by atoms with van der Waals surface area (Å²) in [6.07, 6.45) is 0.233. The number of rotatable bonds is 10. The second-order valence-corrected chi connectivity index (χ2v) is 8.64. The summed E-state index contributed by atoms with van der Waals surface area (Å²) >= 11 is 0. The minimum absolute atomic E-state index is 0.112. The minimum Gasteiger partial charge on any atom is -0.464 e. The molecule has 1 aliphatic rings. The van der Waals surface area contributed by atoms with Crippen LogP contribution in [-0.4, -0.2) is 55.0 Å². The van der Waals surface area contributed by atoms with Gasteiger partial charge in [-0.25, -0.2) is 9.59 Å². The van der Waals surface area contributed by atoms with Gasteiger partial charge >= 0.3 is 12.1 Å². The molecule has 4 atom stereocenters. The molecule has 8 nitrogen and oxygen atoms in total. The van der Waals surface area contributed by atoms with Crippen molar-refractivity contribution in [3.05, 3.63) is 12.2 Å². The lowest BCUT2D eigenvalue weighted by Gasteiger charge is -2.28. The minimum atomic E-state index is -0.812. The highest BCUT2D eigenvalue weighted by atomic mass is 16.6. The van der Waals surface area contributed by atoms with Crippen molar-refractivity contribution in [3.63, 3.8) is 0 Å². The highest BCUT2D eigenvalue weighted by Crippen LogP contribution is 2.15. The summed E-state index contributed by atoms with van der Waals surface area (Å²) in [4.78, 5) is 36.5. The molecule has 0 aromatic heterocycles. The highest BCUT2D eigenvalue weighted by Gasteiger charge is 2.32. The third-order valence-electron chi connectivity index (χ3n) is 4.59. The fourth-order valence-electron chi connectivity index (χ4n) is 2.75. The summed E-state index contributed by atoms with van der Waals surface area (Å²) in [6, 6.07) is -0.976. The molecule has 2 amide bonds. The smallest absolute Gasteiger partial charge is 0.407 e. The summed E-state index contributed by atoms with van der Waals surface area (Å²) in [5, 5.41) is 5.52. The van der Waals surface area contributed by atoms with Gasteiger partial charge in [-0.2, -0.15) is 0 Å². The van der Waals surface area contributed by atoms with Crippen molar-refractivity contribution in [1.29, 1.82) is 0 Å². The standard InChI is InChI=1S/C21H36N2O6/c1-8-14(4)16(23-20(26)29-21(5,6)7)12-28-17(11-13(2)3)18(24)22-15-9-10-27-19(15)25/h14-17H,2,8-12H2,1,3-7H3,(H,22,24)(H,23,26)/t14-,15-,16?,17?/m0/s1. The number of hydrogen-bond donors (Lipinski definition) is 2. The molecule has 1 saturated heterocycles. The van der Waals surface area contributed by atoms with Crippen LogP contribution in [0.3, 0.4) is 0 Å². The van der Waals surface area contributed by atoms with Crippen LogP contribution in [0.25, 0.3) is 0 Å². The number of alkyl carbamates (subject to hydrolysis) is 1. The monoisotopic (exact) mass is 412 g/mol. The average Bonchev–Trinajstić information content (AvgIpc) is 2.99. The Bertz CT molecular complexity index is 598. The summed E-state index contributed by atoms with van der Waals surface area (Å²) in [6.45, 7) is 15.5. The number of carbonyl (C=O) groups excluding carboxylic acids is 3. The van der Waals surface area contributed by atoms with Gasteiger partial charge < -0.3 is 24.8 Å². The highest BCUT2D eigenvalue weighted by molar-refractivity contribution is 5.87. The predicted octanol–water partition coefficient (Wildman–Crippen LogP) is 2.71. The maximum absolute atomic E-state index is 12.6. The maximum atomic E-state index is 12.6. The van der Waals surface area contributed by atoms with Gasteiger partial charge in [-0.3, -0.25) is 4.79 Å². The van der Waals surface area contributed by atoms with Gasteiger partial charge in [-0.1, -0.05) is 25.8 Å². The first-order valence-corrected chi connectivity index (χ1v) is 10.2. The van der Waals surface area contributed by atoms with E-state index >= 15 is 0 Å². The molecule has 0 radical (unpaired) electrons. The Morgan fingerprint density at radius 2 is 2.00 bits per heavy atom. The number of hydrogen-bond acceptors (Lipinski definition) is 6. The van der Waals surface area contributed by atoms with Crippen molar-refractivity contribution >= 4 is 18.0 Å². The lowest BCUT2D eigenvalue weighted by molar-refractivity contribution is -0.143. The summed E-state index contributed by atoms with van der Waals surface area (Å²) in [7, 11) is 0. The normalized spacial score (nSPS) is 19.7. The Morgan fingerprint density at radius 1 is 1.34 bits per heavy atom. The lowest BCUT2D eigenvalue weighted by atomic mass is 10.00. The van der Waals surface area contributed by atoms with Crippen LogP contribution in [0.1, 0.15) is 60.8 Å². The zero-order chi connectivity index (χ0) is 22.2. The Balaban J connectivity index is 2.75. The van der Waals surface area contributed by atoms with Crippen LogP contribution in [0.15, 0.2) is 12.2 Å². The van der Waals surface area contributed by atoms with Crippen molar-refractivity contribution in [3.8, 4) is 0 Å². The van der Waals surface area contributed by atoms with Crippen molar-refractivity contribution in [1.82, 2.24) is 10.6 Å². The molecule has 166 valence electrons. The lowest BCUT2D eigenvalue weighted by Crippen LogP contribution is -2.48. The van der Waals surface area contributed by atoms with Crippen LogP contribution < -0.4 is 10.6 Å². The van der Waals surface area contributed by atoms with E-state index in [4.69, 9.17) is 14.2 Å². The molecule has 8 heteroatoms. The number of cyclic esters (lactones) is 1. The molecular weight excluding hydrogens is 376 g/mol. The second-order valence-electron chi connectivity index (χ2n) is 8.64. The van der Waals surface area contributed by atoms with Gasteiger partial charge in [0.05, 0.1) is 19.3 Å². The first-order chi connectivity index (χ1) is 13.4. The fourth-order valence-corrected chi connectivity index (χ4v) is 2.75. The van der Waals surface area contributed by atoms with E-state index in [0.717, 1.165) is 12.0 Å². The van der Waals surface area contributed by atoms with Crippen LogP contribution in [0, 0.1) is 5.92 Å². The van der Waals surface area contributed by atoms with Crippen LogP contribution in [0.5, 0.6) is 0 Å². The number of carbonyl (C=O) groups is 3. The number of nitrogens with one attached hydrogen (secondary N) is 2. The predicted molar refractivity (Wildman–Crippen MR) is 109 cm³/mol. The zero-order valence-electron chi connectivity index (χ0n) is 18.5. The van der Waals surface area contributed by atoms with Gasteiger partial charge in [0, 0.05) is 12.8 Å². The summed E-state index contributed by atoms with van der Waals surface area (Å²) in [5.41, 5.74) is 0.169. The molecular formula is C21H36N2O6. The second kappa shape index (κ2) is 11.2. The van der Waals surface area contributed by atoms with E-state index in [1.165, 1.54) is 0 Å². The molecule has 0 bridgehead atoms. The third-order valence-corrected chi connectivity index (χ3v) is 4.59. The van der Waals surface area contributed by atoms with E-state index in [9.17, 15) is 14.4 Å². The largest absolute Gasteiger partial charge is 0.464 e. The quantitative estimate of drug-likeness (QED) is 0.422. The van der Waals surface area contributed by atoms with Gasteiger partial charge in [0.25, 0.3) is 0 Å². The fraction of sp³-hybridized carbons (Fsp3) is 0.762. The first kappa shape index (κ1) is 24.9. The van der Waals surface area contributed by atoms with Crippen molar-refractivity contribution in [2.24, 2.45) is 5.92 Å². The first-order valence-electron chi connectivity index (χ1n) is 10.2. The topological polar surface area (TPSA) is 103 Å². The van der Waals surface area contributed by atoms with E-state index in [1.807, 2.05) is 13.8 Å². The van der Waals surface area contributed by atoms with Crippen molar-refractivity contribution < 1.29 is 28.6 Å². The molecule has 29 heavy (non-hydrogen) atoms. The molecule has 0 aliphatic carbocycles. The van der Waals surface area contributed by atoms with Gasteiger partial charge in [0.2, 0.25) is 5.91 Å². The Labute approximate surface area is 173 Å². The average molecular weight is 413 g/mol. The molecule has 1 aliphatic heterocycles. The molecule has 2 N–H and O–H groups in total. The number of amides is 2. The van der Waals surface area contributed by atoms with E-state index in [2.05, 4.69) is 17.2 Å². The zero-order valence-corrected chi connectivity index (χ0v) is 18.5. The SMILES string of the molecule is C=C(C)CC(OCC(NC(=O)OC(C)(C)C)[C@@H](C)CC)C(=O)N[C@H]1CCOC1=O. The molecule has 0 aromatic carbocycles. The van der Waals surface area contributed by atoms with Gasteiger partial charge in [0.1, 0.15) is 17.7 Å². The van der Waals surface area contributed by atoms with Crippen LogP contribution in [0.2, 0.25) is 0 Å². The van der Waals surface area contributed by atoms with Gasteiger partial charge in [-0.15, -0.1) is 6.58 Å². The maximum Gasteiger partial charge on any atom is 0.407 e. The number of ether oxygens (including phenoxy) is 3. The van der Waals surface area contributed by atoms with Crippen molar-refractivity contribution in [2.45, 2.75) is 84.6 Å². The van der Waals surface area contributed by atoms with Crippen LogP contribution in [-0.2, 0) is 23.8 Å². The number of esters is 1. The van der Waals surface area contributed by atoms with Crippen LogP contribution in [0.4, 0.5) is 4.79 Å². The Kier molecular flexibility index (Phi) is 9.62. The Hall–Kier alpha value is -2.09. The van der Waals surface area contributed by atoms with Gasteiger partial charge in [-0.05, 0) is 33.6 Å². The molecule has 0 aromatic rings. The Morgan fingerprint density at radius 3 is 2.48 bits per heavy atom. The molecule has 0 spiro atoms. The summed E-state index contributed by atoms with van der Waals surface area (Å²) in [5.74, 6) is -0.714. The van der Waals surface area contributed by atoms with E-state index < -0.39 is 35.7 Å².